The van der Waals surface area contributed by atoms with Crippen molar-refractivity contribution in [1.29, 1.82) is 0 Å². The van der Waals surface area contributed by atoms with Crippen molar-refractivity contribution in [3.8, 4) is 0 Å². The number of hydrogen-bond acceptors (Lipinski definition) is 3. The Morgan fingerprint density at radius 1 is 1.19 bits per heavy atom. The number of anilines is 1. The number of amides is 1. The van der Waals surface area contributed by atoms with Crippen molar-refractivity contribution in [2.75, 3.05) is 5.32 Å². The van der Waals surface area contributed by atoms with Crippen LogP contribution in [0.25, 0.3) is 0 Å². The molecule has 2 aromatic rings. The number of rotatable bonds is 3. The third-order valence-corrected chi connectivity index (χ3v) is 3.10. The summed E-state index contributed by atoms with van der Waals surface area (Å²) in [4.78, 5) is 22.7. The van der Waals surface area contributed by atoms with E-state index in [2.05, 4.69) is 5.32 Å². The molecule has 0 aromatic heterocycles. The molecule has 2 rings (SSSR count). The van der Waals surface area contributed by atoms with Crippen LogP contribution in [0.1, 0.15) is 21.5 Å². The van der Waals surface area contributed by atoms with Crippen LogP contribution < -0.4 is 5.32 Å². The van der Waals surface area contributed by atoms with E-state index < -0.39 is 16.6 Å². The van der Waals surface area contributed by atoms with E-state index in [1.54, 1.807) is 26.0 Å². The lowest BCUT2D eigenvalue weighted by atomic mass is 10.1. The van der Waals surface area contributed by atoms with Crippen LogP contribution in [0.15, 0.2) is 36.4 Å². The molecule has 0 unspecified atom stereocenters. The zero-order chi connectivity index (χ0) is 15.6. The average Bonchev–Trinajstić information content (AvgIpc) is 2.41. The van der Waals surface area contributed by atoms with Gasteiger partial charge in [0.05, 0.1) is 4.92 Å². The first-order chi connectivity index (χ1) is 9.90. The maximum atomic E-state index is 13.0. The van der Waals surface area contributed by atoms with E-state index in [1.807, 2.05) is 0 Å². The van der Waals surface area contributed by atoms with Crippen LogP contribution in [0.3, 0.4) is 0 Å². The molecule has 0 aliphatic rings. The summed E-state index contributed by atoms with van der Waals surface area (Å²) in [6.07, 6.45) is 0. The van der Waals surface area contributed by atoms with Gasteiger partial charge in [-0.05, 0) is 43.7 Å². The molecule has 0 aliphatic carbocycles. The Morgan fingerprint density at radius 2 is 1.90 bits per heavy atom. The summed E-state index contributed by atoms with van der Waals surface area (Å²) in [6, 6.07) is 8.45. The maximum absolute atomic E-state index is 13.0. The molecule has 0 atom stereocenters. The number of nitro groups is 1. The summed E-state index contributed by atoms with van der Waals surface area (Å²) in [5.74, 6) is -1.01. The number of halogens is 1. The van der Waals surface area contributed by atoms with Crippen LogP contribution >= 0.6 is 0 Å². The number of nitro benzene ring substituents is 1. The molecule has 0 aliphatic heterocycles. The number of nitrogens with one attached hydrogen (secondary N) is 1. The number of para-hydroxylation sites is 1. The van der Waals surface area contributed by atoms with Crippen LogP contribution in [0, 0.1) is 29.8 Å². The Kier molecular flexibility index (Phi) is 3.98. The number of carbonyl (C=O) groups excluding carboxylic acids is 1. The Labute approximate surface area is 120 Å². The van der Waals surface area contributed by atoms with Gasteiger partial charge < -0.3 is 5.32 Å². The molecule has 0 heterocycles. The lowest BCUT2D eigenvalue weighted by molar-refractivity contribution is -0.385. The smallest absolute Gasteiger partial charge is 0.285 e. The molecule has 0 bridgehead atoms. The predicted octanol–water partition coefficient (Wildman–Crippen LogP) is 3.60. The van der Waals surface area contributed by atoms with Crippen molar-refractivity contribution < 1.29 is 14.1 Å². The number of hydrogen-bond donors (Lipinski definition) is 1. The zero-order valence-electron chi connectivity index (χ0n) is 11.5. The molecule has 2 aromatic carbocycles. The molecule has 0 spiro atoms. The molecule has 0 saturated heterocycles. The summed E-state index contributed by atoms with van der Waals surface area (Å²) in [5, 5.41) is 13.7. The topological polar surface area (TPSA) is 72.2 Å². The third kappa shape index (κ3) is 3.05. The number of benzene rings is 2. The van der Waals surface area contributed by atoms with Crippen molar-refractivity contribution in [1.82, 2.24) is 0 Å². The molecule has 0 saturated carbocycles. The normalized spacial score (nSPS) is 10.2. The van der Waals surface area contributed by atoms with Gasteiger partial charge in [0.25, 0.3) is 11.6 Å². The van der Waals surface area contributed by atoms with E-state index in [4.69, 9.17) is 0 Å². The number of nitrogens with zero attached hydrogens (tertiary/aromatic N) is 1. The molecule has 5 nitrogen and oxygen atoms in total. The van der Waals surface area contributed by atoms with E-state index in [9.17, 15) is 19.3 Å². The fourth-order valence-corrected chi connectivity index (χ4v) is 2.04. The van der Waals surface area contributed by atoms with E-state index in [0.29, 0.717) is 16.8 Å². The maximum Gasteiger partial charge on any atom is 0.285 e. The first-order valence-electron chi connectivity index (χ1n) is 6.21. The van der Waals surface area contributed by atoms with Gasteiger partial charge in [-0.1, -0.05) is 12.1 Å². The standard InChI is InChI=1S/C15H13FN2O3/c1-9-4-3-5-12(14(9)18(20)21)15(19)17-13-7-6-11(16)8-10(13)2/h3-8H,1-2H3,(H,17,19). The summed E-state index contributed by atoms with van der Waals surface area (Å²) < 4.78 is 13.0. The van der Waals surface area contributed by atoms with Gasteiger partial charge in [-0.25, -0.2) is 4.39 Å². The fraction of sp³-hybridized carbons (Fsp3) is 0.133. The van der Waals surface area contributed by atoms with Crippen molar-refractivity contribution in [2.45, 2.75) is 13.8 Å². The second-order valence-electron chi connectivity index (χ2n) is 4.64. The van der Waals surface area contributed by atoms with E-state index in [0.717, 1.165) is 0 Å². The first-order valence-corrected chi connectivity index (χ1v) is 6.21. The highest BCUT2D eigenvalue weighted by Crippen LogP contribution is 2.25. The quantitative estimate of drug-likeness (QED) is 0.692. The molecule has 21 heavy (non-hydrogen) atoms. The van der Waals surface area contributed by atoms with Crippen LogP contribution in [-0.4, -0.2) is 10.8 Å². The highest BCUT2D eigenvalue weighted by Gasteiger charge is 2.22. The minimum Gasteiger partial charge on any atom is -0.322 e. The summed E-state index contributed by atoms with van der Waals surface area (Å²) in [5.41, 5.74) is 1.11. The molecule has 6 heteroatoms. The molecule has 1 amide bonds. The molecule has 0 radical (unpaired) electrons. The minimum atomic E-state index is -0.597. The summed E-state index contributed by atoms with van der Waals surface area (Å²) in [7, 11) is 0. The fourth-order valence-electron chi connectivity index (χ4n) is 2.04. The van der Waals surface area contributed by atoms with Gasteiger partial charge in [-0.2, -0.15) is 0 Å². The first kappa shape index (κ1) is 14.6. The lowest BCUT2D eigenvalue weighted by Crippen LogP contribution is -2.15. The van der Waals surface area contributed by atoms with Crippen molar-refractivity contribution >= 4 is 17.3 Å². The van der Waals surface area contributed by atoms with Crippen molar-refractivity contribution in [3.05, 3.63) is 69.0 Å². The van der Waals surface area contributed by atoms with Gasteiger partial charge in [-0.15, -0.1) is 0 Å². The Balaban J connectivity index is 2.37. The monoisotopic (exact) mass is 288 g/mol. The van der Waals surface area contributed by atoms with Crippen LogP contribution in [0.2, 0.25) is 0 Å². The Bertz CT molecular complexity index is 729. The van der Waals surface area contributed by atoms with Crippen LogP contribution in [-0.2, 0) is 0 Å². The molecular weight excluding hydrogens is 275 g/mol. The molecule has 0 fully saturated rings. The van der Waals surface area contributed by atoms with Crippen LogP contribution in [0.5, 0.6) is 0 Å². The van der Waals surface area contributed by atoms with Gasteiger partial charge in [0, 0.05) is 11.3 Å². The van der Waals surface area contributed by atoms with Crippen molar-refractivity contribution in [3.63, 3.8) is 0 Å². The second kappa shape index (κ2) is 5.70. The Morgan fingerprint density at radius 3 is 2.52 bits per heavy atom. The van der Waals surface area contributed by atoms with E-state index in [-0.39, 0.29) is 11.3 Å². The van der Waals surface area contributed by atoms with E-state index >= 15 is 0 Å². The second-order valence-corrected chi connectivity index (χ2v) is 4.64. The van der Waals surface area contributed by atoms with Crippen LogP contribution in [0.4, 0.5) is 15.8 Å². The molecule has 108 valence electrons. The number of aryl methyl sites for hydroxylation is 2. The largest absolute Gasteiger partial charge is 0.322 e. The van der Waals surface area contributed by atoms with Gasteiger partial charge in [0.1, 0.15) is 11.4 Å². The van der Waals surface area contributed by atoms with Gasteiger partial charge in [0.15, 0.2) is 0 Å². The predicted molar refractivity (Wildman–Crippen MR) is 76.9 cm³/mol. The SMILES string of the molecule is Cc1cc(F)ccc1NC(=O)c1cccc(C)c1[N+](=O)[O-]. The van der Waals surface area contributed by atoms with E-state index in [1.165, 1.54) is 24.3 Å². The number of carbonyl (C=O) groups is 1. The summed E-state index contributed by atoms with van der Waals surface area (Å²) >= 11 is 0. The molecule has 1 N–H and O–H groups in total. The van der Waals surface area contributed by atoms with Gasteiger partial charge in [0.2, 0.25) is 0 Å². The average molecular weight is 288 g/mol. The van der Waals surface area contributed by atoms with Crippen molar-refractivity contribution in [2.24, 2.45) is 0 Å². The zero-order valence-corrected chi connectivity index (χ0v) is 11.5. The highest BCUT2D eigenvalue weighted by atomic mass is 19.1. The Hall–Kier alpha value is -2.76. The van der Waals surface area contributed by atoms with Gasteiger partial charge in [-0.3, -0.25) is 14.9 Å². The lowest BCUT2D eigenvalue weighted by Gasteiger charge is -2.09. The van der Waals surface area contributed by atoms with Gasteiger partial charge >= 0.3 is 0 Å². The summed E-state index contributed by atoms with van der Waals surface area (Å²) in [6.45, 7) is 3.21. The third-order valence-electron chi connectivity index (χ3n) is 3.10. The minimum absolute atomic E-state index is 0.0243. The molecular formula is C15H13FN2O3. The highest BCUT2D eigenvalue weighted by molar-refractivity contribution is 6.07.